The SMILES string of the molecule is C[C@H]1CCC[NH+]([C@@H](c2ccc(F)cc2)c2sc3nc(-c4ccco4)nn3c2O)C1. The van der Waals surface area contributed by atoms with Gasteiger partial charge in [0.25, 0.3) is 0 Å². The molecule has 2 N–H and O–H groups in total. The highest BCUT2D eigenvalue weighted by Gasteiger charge is 2.35. The Morgan fingerprint density at radius 2 is 2.14 bits per heavy atom. The summed E-state index contributed by atoms with van der Waals surface area (Å²) in [6, 6.07) is 10.1. The number of aromatic nitrogens is 3. The Labute approximate surface area is 171 Å². The third-order valence-electron chi connectivity index (χ3n) is 5.62. The maximum absolute atomic E-state index is 13.5. The second-order valence-corrected chi connectivity index (χ2v) is 8.75. The molecule has 1 aromatic carbocycles. The van der Waals surface area contributed by atoms with Crippen LogP contribution in [0.2, 0.25) is 0 Å². The molecule has 5 rings (SSSR count). The summed E-state index contributed by atoms with van der Waals surface area (Å²) in [6.07, 6.45) is 3.92. The minimum Gasteiger partial charge on any atom is -0.492 e. The molecule has 4 heterocycles. The van der Waals surface area contributed by atoms with Gasteiger partial charge in [0.05, 0.1) is 19.4 Å². The molecule has 0 spiro atoms. The molecule has 3 aromatic heterocycles. The van der Waals surface area contributed by atoms with Crippen LogP contribution in [0.3, 0.4) is 0 Å². The smallest absolute Gasteiger partial charge is 0.235 e. The van der Waals surface area contributed by atoms with E-state index in [2.05, 4.69) is 17.0 Å². The summed E-state index contributed by atoms with van der Waals surface area (Å²) in [5.41, 5.74) is 0.988. The van der Waals surface area contributed by atoms with Gasteiger partial charge < -0.3 is 14.4 Å². The highest BCUT2D eigenvalue weighted by Crippen LogP contribution is 2.36. The first-order valence-electron chi connectivity index (χ1n) is 9.82. The molecule has 1 aliphatic heterocycles. The van der Waals surface area contributed by atoms with Gasteiger partial charge in [0.2, 0.25) is 16.7 Å². The van der Waals surface area contributed by atoms with Crippen LogP contribution in [-0.4, -0.2) is 32.8 Å². The second kappa shape index (κ2) is 7.27. The van der Waals surface area contributed by atoms with Crippen molar-refractivity contribution < 1.29 is 18.8 Å². The van der Waals surface area contributed by atoms with Crippen LogP contribution in [0.4, 0.5) is 4.39 Å². The highest BCUT2D eigenvalue weighted by molar-refractivity contribution is 7.17. The van der Waals surface area contributed by atoms with E-state index in [0.717, 1.165) is 30.0 Å². The van der Waals surface area contributed by atoms with Gasteiger partial charge in [-0.05, 0) is 49.2 Å². The normalized spacial score (nSPS) is 20.9. The number of quaternary nitrogens is 1. The van der Waals surface area contributed by atoms with Crippen LogP contribution in [0.15, 0.2) is 47.1 Å². The number of nitrogens with one attached hydrogen (secondary N) is 1. The molecule has 3 atom stereocenters. The number of likely N-dealkylation sites (tertiary alicyclic amines) is 1. The lowest BCUT2D eigenvalue weighted by Gasteiger charge is -2.34. The van der Waals surface area contributed by atoms with Crippen molar-refractivity contribution in [1.29, 1.82) is 0 Å². The molecule has 8 heteroatoms. The molecule has 1 unspecified atom stereocenters. The lowest BCUT2D eigenvalue weighted by molar-refractivity contribution is -0.933. The molecule has 29 heavy (non-hydrogen) atoms. The number of hydrogen-bond donors (Lipinski definition) is 2. The molecule has 0 radical (unpaired) electrons. The summed E-state index contributed by atoms with van der Waals surface area (Å²) < 4.78 is 20.4. The molecule has 1 aliphatic rings. The zero-order chi connectivity index (χ0) is 20.0. The van der Waals surface area contributed by atoms with Crippen LogP contribution in [0, 0.1) is 11.7 Å². The van der Waals surface area contributed by atoms with Crippen LogP contribution < -0.4 is 4.90 Å². The summed E-state index contributed by atoms with van der Waals surface area (Å²) in [7, 11) is 0. The Balaban J connectivity index is 1.59. The third kappa shape index (κ3) is 3.32. The highest BCUT2D eigenvalue weighted by atomic mass is 32.1. The van der Waals surface area contributed by atoms with Crippen LogP contribution in [0.25, 0.3) is 16.5 Å². The minimum atomic E-state index is -0.260. The molecule has 150 valence electrons. The Morgan fingerprint density at radius 3 is 2.83 bits per heavy atom. The number of thiazole rings is 1. The number of furan rings is 1. The van der Waals surface area contributed by atoms with Crippen molar-refractivity contribution in [1.82, 2.24) is 14.6 Å². The predicted molar refractivity (Wildman–Crippen MR) is 108 cm³/mol. The van der Waals surface area contributed by atoms with Crippen molar-refractivity contribution in [3.05, 3.63) is 58.9 Å². The third-order valence-corrected chi connectivity index (χ3v) is 6.71. The average Bonchev–Trinajstić information content (AvgIpc) is 3.43. The van der Waals surface area contributed by atoms with Gasteiger partial charge in [0.1, 0.15) is 10.7 Å². The summed E-state index contributed by atoms with van der Waals surface area (Å²) in [5.74, 6) is 1.45. The first kappa shape index (κ1) is 18.3. The van der Waals surface area contributed by atoms with Crippen molar-refractivity contribution in [2.24, 2.45) is 5.92 Å². The first-order valence-corrected chi connectivity index (χ1v) is 10.6. The molecule has 6 nitrogen and oxygen atoms in total. The summed E-state index contributed by atoms with van der Waals surface area (Å²) in [6.45, 7) is 4.28. The summed E-state index contributed by atoms with van der Waals surface area (Å²) in [4.78, 5) is 7.33. The van der Waals surface area contributed by atoms with Crippen molar-refractivity contribution in [3.63, 3.8) is 0 Å². The molecule has 4 aromatic rings. The Hall–Kier alpha value is -2.71. The number of nitrogens with zero attached hydrogens (tertiary/aromatic N) is 3. The maximum atomic E-state index is 13.5. The number of aromatic hydroxyl groups is 1. The zero-order valence-corrected chi connectivity index (χ0v) is 16.8. The quantitative estimate of drug-likeness (QED) is 0.539. The van der Waals surface area contributed by atoms with E-state index < -0.39 is 0 Å². The number of fused-ring (bicyclic) bond motifs is 1. The molecule has 0 bridgehead atoms. The van der Waals surface area contributed by atoms with Crippen LogP contribution >= 0.6 is 11.3 Å². The van der Waals surface area contributed by atoms with E-state index in [1.165, 1.54) is 39.3 Å². The summed E-state index contributed by atoms with van der Waals surface area (Å²) >= 11 is 1.43. The van der Waals surface area contributed by atoms with Gasteiger partial charge in [-0.2, -0.15) is 9.50 Å². The van der Waals surface area contributed by atoms with Gasteiger partial charge in [0, 0.05) is 11.5 Å². The van der Waals surface area contributed by atoms with Gasteiger partial charge in [-0.25, -0.2) is 4.39 Å². The van der Waals surface area contributed by atoms with E-state index >= 15 is 0 Å². The van der Waals surface area contributed by atoms with Crippen molar-refractivity contribution >= 4 is 16.3 Å². The van der Waals surface area contributed by atoms with E-state index in [9.17, 15) is 9.50 Å². The zero-order valence-electron chi connectivity index (χ0n) is 16.0. The number of halogens is 1. The monoisotopic (exact) mass is 413 g/mol. The van der Waals surface area contributed by atoms with Gasteiger partial charge in [-0.3, -0.25) is 0 Å². The average molecular weight is 413 g/mol. The predicted octanol–water partition coefficient (Wildman–Crippen LogP) is 3.30. The van der Waals surface area contributed by atoms with Crippen LogP contribution in [0.1, 0.15) is 36.2 Å². The molecule has 0 aliphatic carbocycles. The topological polar surface area (TPSA) is 68.0 Å². The number of benzene rings is 1. The fourth-order valence-corrected chi connectivity index (χ4v) is 5.41. The molecule has 1 saturated heterocycles. The van der Waals surface area contributed by atoms with Gasteiger partial charge in [-0.15, -0.1) is 5.10 Å². The van der Waals surface area contributed by atoms with E-state index in [1.807, 2.05) is 12.1 Å². The second-order valence-electron chi connectivity index (χ2n) is 7.74. The van der Waals surface area contributed by atoms with Crippen LogP contribution in [0.5, 0.6) is 5.88 Å². The van der Waals surface area contributed by atoms with E-state index in [-0.39, 0.29) is 17.7 Å². The molecule has 0 amide bonds. The Bertz CT molecular complexity index is 1120. The molecule has 1 fully saturated rings. The van der Waals surface area contributed by atoms with Crippen molar-refractivity contribution in [2.45, 2.75) is 25.8 Å². The van der Waals surface area contributed by atoms with Gasteiger partial charge in [-0.1, -0.05) is 18.3 Å². The number of rotatable bonds is 4. The van der Waals surface area contributed by atoms with E-state index in [4.69, 9.17) is 4.42 Å². The lowest BCUT2D eigenvalue weighted by Crippen LogP contribution is -3.13. The standard InChI is InChI=1S/C21H21FN4O2S/c1-13-4-2-10-25(12-13)17(14-6-8-15(22)9-7-14)18-20(27)26-21(29-18)23-19(24-26)16-5-3-11-28-16/h3,5-9,11,13,17,27H,2,4,10,12H2,1H3/p+1/t13-,17-/m0/s1. The van der Waals surface area contributed by atoms with Crippen molar-refractivity contribution in [3.8, 4) is 17.5 Å². The van der Waals surface area contributed by atoms with E-state index in [0.29, 0.717) is 22.5 Å². The maximum Gasteiger partial charge on any atom is 0.235 e. The van der Waals surface area contributed by atoms with Gasteiger partial charge >= 0.3 is 0 Å². The lowest BCUT2D eigenvalue weighted by atomic mass is 9.95. The number of hydrogen-bond acceptors (Lipinski definition) is 5. The Morgan fingerprint density at radius 1 is 1.31 bits per heavy atom. The molecular formula is C21H22FN4O2S+. The molecular weight excluding hydrogens is 391 g/mol. The fourth-order valence-electron chi connectivity index (χ4n) is 4.27. The fraction of sp³-hybridized carbons (Fsp3) is 0.333. The minimum absolute atomic E-state index is 0.0843. The first-order chi connectivity index (χ1) is 14.1. The largest absolute Gasteiger partial charge is 0.492 e. The van der Waals surface area contributed by atoms with Gasteiger partial charge in [0.15, 0.2) is 11.8 Å². The summed E-state index contributed by atoms with van der Waals surface area (Å²) in [5, 5.41) is 15.5. The van der Waals surface area contributed by atoms with E-state index in [1.54, 1.807) is 18.4 Å². The van der Waals surface area contributed by atoms with Crippen LogP contribution in [-0.2, 0) is 0 Å². The number of piperidine rings is 1. The van der Waals surface area contributed by atoms with Crippen molar-refractivity contribution in [2.75, 3.05) is 13.1 Å². The Kier molecular flexibility index (Phi) is 4.60. The molecule has 0 saturated carbocycles.